The Bertz CT molecular complexity index is 972. The number of nitrogens with one attached hydrogen (secondary N) is 1. The van der Waals surface area contributed by atoms with E-state index in [0.29, 0.717) is 5.69 Å². The molecule has 3 rings (SSSR count). The van der Waals surface area contributed by atoms with Crippen molar-refractivity contribution in [3.63, 3.8) is 0 Å². The first-order valence-corrected chi connectivity index (χ1v) is 7.85. The Morgan fingerprint density at radius 3 is 2.27 bits per heavy atom. The van der Waals surface area contributed by atoms with Crippen LogP contribution in [0.4, 0.5) is 0 Å². The molecule has 0 aliphatic rings. The van der Waals surface area contributed by atoms with E-state index in [0.717, 1.165) is 10.2 Å². The molecule has 0 radical (unpaired) electrons. The van der Waals surface area contributed by atoms with Crippen LogP contribution in [0.1, 0.15) is 0 Å². The molecule has 0 aliphatic heterocycles. The summed E-state index contributed by atoms with van der Waals surface area (Å²) in [5.41, 5.74) is 0.991. The highest BCUT2D eigenvalue weighted by Crippen LogP contribution is 2.20. The molecule has 0 fully saturated rings. The number of nitrogens with zero attached hydrogens (tertiary/aromatic N) is 1. The highest BCUT2D eigenvalue weighted by molar-refractivity contribution is 7.86. The zero-order valence-electron chi connectivity index (χ0n) is 11.3. The summed E-state index contributed by atoms with van der Waals surface area (Å²) in [6.45, 7) is 0. The molecule has 0 spiro atoms. The van der Waals surface area contributed by atoms with Crippen LogP contribution in [0.15, 0.2) is 70.4 Å². The molecule has 0 saturated carbocycles. The van der Waals surface area contributed by atoms with Crippen molar-refractivity contribution in [1.82, 2.24) is 9.78 Å². The van der Waals surface area contributed by atoms with Gasteiger partial charge in [-0.25, -0.2) is 4.68 Å². The topological polar surface area (TPSA) is 92.2 Å². The highest BCUT2D eigenvalue weighted by Gasteiger charge is 2.18. The Balaban J connectivity index is 2.20. The van der Waals surface area contributed by atoms with Crippen LogP contribution < -0.4 is 5.56 Å². The lowest BCUT2D eigenvalue weighted by atomic mass is 10.2. The molecule has 0 aliphatic carbocycles. The molecule has 2 N–H and O–H groups in total. The Morgan fingerprint density at radius 2 is 1.59 bits per heavy atom. The maximum absolute atomic E-state index is 12.1. The first-order valence-electron chi connectivity index (χ1n) is 6.41. The standard InChI is InChI=1S/C15H12N2O4S/c18-15-10-12(11-6-2-1-3-7-11)16-17(15)13-8-4-5-9-14(13)22(19,20)21/h1-10,16H,(H,19,20,21). The van der Waals surface area contributed by atoms with E-state index < -0.39 is 15.7 Å². The molecule has 6 nitrogen and oxygen atoms in total. The lowest BCUT2D eigenvalue weighted by molar-refractivity contribution is 0.482. The molecule has 7 heteroatoms. The van der Waals surface area contributed by atoms with E-state index in [-0.39, 0.29) is 10.6 Å². The Hall–Kier alpha value is -2.64. The fraction of sp³-hybridized carbons (Fsp3) is 0. The maximum atomic E-state index is 12.1. The van der Waals surface area contributed by atoms with Gasteiger partial charge >= 0.3 is 0 Å². The third kappa shape index (κ3) is 2.59. The monoisotopic (exact) mass is 316 g/mol. The fourth-order valence-electron chi connectivity index (χ4n) is 2.20. The van der Waals surface area contributed by atoms with Crippen molar-refractivity contribution in [2.45, 2.75) is 4.90 Å². The van der Waals surface area contributed by atoms with Gasteiger partial charge in [-0.3, -0.25) is 14.4 Å². The maximum Gasteiger partial charge on any atom is 0.296 e. The third-order valence-electron chi connectivity index (χ3n) is 3.19. The molecule has 1 aromatic heterocycles. The molecule has 0 unspecified atom stereocenters. The van der Waals surface area contributed by atoms with Crippen LogP contribution in [0.2, 0.25) is 0 Å². The minimum atomic E-state index is -4.43. The van der Waals surface area contributed by atoms with Gasteiger partial charge in [0.15, 0.2) is 0 Å². The first kappa shape index (κ1) is 14.3. The van der Waals surface area contributed by atoms with Gasteiger partial charge in [0.25, 0.3) is 15.7 Å². The predicted octanol–water partition coefficient (Wildman–Crippen LogP) is 2.08. The van der Waals surface area contributed by atoms with Crippen LogP contribution in [-0.4, -0.2) is 22.8 Å². The van der Waals surface area contributed by atoms with E-state index in [2.05, 4.69) is 5.10 Å². The zero-order chi connectivity index (χ0) is 15.7. The summed E-state index contributed by atoms with van der Waals surface area (Å²) in [7, 11) is -4.43. The Kier molecular flexibility index (Phi) is 3.44. The third-order valence-corrected chi connectivity index (χ3v) is 4.09. The summed E-state index contributed by atoms with van der Waals surface area (Å²) < 4.78 is 33.3. The van der Waals surface area contributed by atoms with Gasteiger partial charge in [0.2, 0.25) is 0 Å². The summed E-state index contributed by atoms with van der Waals surface area (Å²) in [6.07, 6.45) is 0. The van der Waals surface area contributed by atoms with E-state index >= 15 is 0 Å². The first-order chi connectivity index (χ1) is 10.5. The smallest absolute Gasteiger partial charge is 0.290 e. The number of H-pyrrole nitrogens is 1. The highest BCUT2D eigenvalue weighted by atomic mass is 32.2. The lowest BCUT2D eigenvalue weighted by Gasteiger charge is -2.07. The van der Waals surface area contributed by atoms with E-state index in [1.165, 1.54) is 24.3 Å². The summed E-state index contributed by atoms with van der Waals surface area (Å²) >= 11 is 0. The second-order valence-corrected chi connectivity index (χ2v) is 6.04. The van der Waals surface area contributed by atoms with Crippen molar-refractivity contribution >= 4 is 10.1 Å². The number of para-hydroxylation sites is 1. The van der Waals surface area contributed by atoms with Gasteiger partial charge in [-0.05, 0) is 17.7 Å². The molecule has 112 valence electrons. The van der Waals surface area contributed by atoms with Gasteiger partial charge < -0.3 is 0 Å². The zero-order valence-corrected chi connectivity index (χ0v) is 12.1. The second-order valence-electron chi connectivity index (χ2n) is 4.65. The fourth-order valence-corrected chi connectivity index (χ4v) is 2.87. The van der Waals surface area contributed by atoms with E-state index in [9.17, 15) is 17.8 Å². The average molecular weight is 316 g/mol. The molecule has 0 atom stereocenters. The molecule has 22 heavy (non-hydrogen) atoms. The summed E-state index contributed by atoms with van der Waals surface area (Å²) in [5.74, 6) is 0. The minimum absolute atomic E-state index is 0.0668. The summed E-state index contributed by atoms with van der Waals surface area (Å²) in [5, 5.41) is 2.86. The van der Waals surface area contributed by atoms with Crippen LogP contribution in [0.3, 0.4) is 0 Å². The van der Waals surface area contributed by atoms with Crippen molar-refractivity contribution in [1.29, 1.82) is 0 Å². The van der Waals surface area contributed by atoms with Gasteiger partial charge in [0, 0.05) is 6.07 Å². The number of rotatable bonds is 3. The number of hydrogen-bond acceptors (Lipinski definition) is 3. The Morgan fingerprint density at radius 1 is 0.955 bits per heavy atom. The van der Waals surface area contributed by atoms with Gasteiger partial charge in [0.05, 0.1) is 11.4 Å². The minimum Gasteiger partial charge on any atom is -0.290 e. The predicted molar refractivity (Wildman–Crippen MR) is 81.6 cm³/mol. The van der Waals surface area contributed by atoms with Gasteiger partial charge in [-0.1, -0.05) is 42.5 Å². The molecular weight excluding hydrogens is 304 g/mol. The molecule has 2 aromatic carbocycles. The molecular formula is C15H12N2O4S. The van der Waals surface area contributed by atoms with Crippen molar-refractivity contribution < 1.29 is 13.0 Å². The van der Waals surface area contributed by atoms with E-state index in [4.69, 9.17) is 0 Å². The van der Waals surface area contributed by atoms with Crippen molar-refractivity contribution in [3.8, 4) is 16.9 Å². The number of hydrogen-bond donors (Lipinski definition) is 2. The average Bonchev–Trinajstić information content (AvgIpc) is 2.89. The Labute approximate surface area is 126 Å². The lowest BCUT2D eigenvalue weighted by Crippen LogP contribution is -2.16. The van der Waals surface area contributed by atoms with Gasteiger partial charge in [0.1, 0.15) is 4.90 Å². The number of benzene rings is 2. The van der Waals surface area contributed by atoms with Crippen molar-refractivity contribution in [3.05, 3.63) is 71.0 Å². The van der Waals surface area contributed by atoms with E-state index in [1.54, 1.807) is 6.07 Å². The normalized spacial score (nSPS) is 11.5. The molecule has 0 amide bonds. The molecule has 0 bridgehead atoms. The largest absolute Gasteiger partial charge is 0.296 e. The molecule has 0 saturated heterocycles. The van der Waals surface area contributed by atoms with Crippen molar-refractivity contribution in [2.24, 2.45) is 0 Å². The molecule has 1 heterocycles. The van der Waals surface area contributed by atoms with Crippen LogP contribution >= 0.6 is 0 Å². The van der Waals surface area contributed by atoms with Crippen molar-refractivity contribution in [2.75, 3.05) is 0 Å². The quantitative estimate of drug-likeness (QED) is 0.724. The van der Waals surface area contributed by atoms with Crippen LogP contribution in [0.5, 0.6) is 0 Å². The summed E-state index contributed by atoms with van der Waals surface area (Å²) in [4.78, 5) is 11.8. The molecule has 3 aromatic rings. The van der Waals surface area contributed by atoms with Gasteiger partial charge in [-0.2, -0.15) is 8.42 Å². The van der Waals surface area contributed by atoms with E-state index in [1.807, 2.05) is 30.3 Å². The van der Waals surface area contributed by atoms with Gasteiger partial charge in [-0.15, -0.1) is 0 Å². The second kappa shape index (κ2) is 5.28. The summed E-state index contributed by atoms with van der Waals surface area (Å²) in [6, 6.07) is 16.3. The SMILES string of the molecule is O=c1cc(-c2ccccc2)[nH]n1-c1ccccc1S(=O)(=O)O. The van der Waals surface area contributed by atoms with Crippen LogP contribution in [0, 0.1) is 0 Å². The number of aromatic amines is 1. The van der Waals surface area contributed by atoms with Crippen LogP contribution in [-0.2, 0) is 10.1 Å². The number of aromatic nitrogens is 2. The van der Waals surface area contributed by atoms with Crippen LogP contribution in [0.25, 0.3) is 16.9 Å².